The molecule has 13 heteroatoms. The number of likely N-dealkylation sites (N-methyl/N-ethyl adjacent to an activating group) is 1. The predicted octanol–water partition coefficient (Wildman–Crippen LogP) is 2.26. The van der Waals surface area contributed by atoms with Gasteiger partial charge in [-0.05, 0) is 44.5 Å². The summed E-state index contributed by atoms with van der Waals surface area (Å²) < 4.78 is 67.0. The molecule has 34 heavy (non-hydrogen) atoms. The maximum absolute atomic E-state index is 13.5. The Bertz CT molecular complexity index is 1100. The summed E-state index contributed by atoms with van der Waals surface area (Å²) >= 11 is 6.32. The Labute approximate surface area is 200 Å². The van der Waals surface area contributed by atoms with Crippen LogP contribution in [0.5, 0.6) is 0 Å². The van der Waals surface area contributed by atoms with E-state index in [0.717, 1.165) is 31.9 Å². The van der Waals surface area contributed by atoms with Crippen molar-refractivity contribution in [2.75, 3.05) is 44.7 Å². The van der Waals surface area contributed by atoms with Crippen molar-refractivity contribution in [2.45, 2.75) is 41.6 Å². The van der Waals surface area contributed by atoms with Gasteiger partial charge in [0, 0.05) is 38.4 Å². The number of alkyl halides is 3. The lowest BCUT2D eigenvalue weighted by atomic mass is 10.0. The molecule has 0 spiro atoms. The summed E-state index contributed by atoms with van der Waals surface area (Å²) in [6.45, 7) is 2.51. The van der Waals surface area contributed by atoms with Crippen LogP contribution in [0.2, 0.25) is 5.02 Å². The number of rotatable bonds is 5. The molecule has 2 heterocycles. The highest BCUT2D eigenvalue weighted by Gasteiger charge is 2.70. The Kier molecular flexibility index (Phi) is 6.31. The number of carboxylic acids is 1. The van der Waals surface area contributed by atoms with E-state index < -0.39 is 70.4 Å². The maximum Gasteiger partial charge on any atom is 0.403 e. The van der Waals surface area contributed by atoms with Crippen LogP contribution in [0.1, 0.15) is 19.3 Å². The second-order valence-electron chi connectivity index (χ2n) is 9.20. The Morgan fingerprint density at radius 2 is 1.76 bits per heavy atom. The molecule has 3 fully saturated rings. The van der Waals surface area contributed by atoms with Crippen molar-refractivity contribution in [3.05, 3.63) is 23.2 Å². The number of hydrogen-bond donors (Lipinski definition) is 1. The van der Waals surface area contributed by atoms with Crippen LogP contribution in [-0.2, 0) is 19.4 Å². The van der Waals surface area contributed by atoms with Crippen LogP contribution in [0.4, 0.5) is 18.9 Å². The molecular formula is C21H25ClF3N3O5S. The van der Waals surface area contributed by atoms with Gasteiger partial charge in [-0.15, -0.1) is 0 Å². The minimum absolute atomic E-state index is 0.0537. The summed E-state index contributed by atoms with van der Waals surface area (Å²) in [4.78, 5) is 29.0. The van der Waals surface area contributed by atoms with Crippen LogP contribution in [-0.4, -0.2) is 92.4 Å². The van der Waals surface area contributed by atoms with Gasteiger partial charge in [-0.25, -0.2) is 13.2 Å². The van der Waals surface area contributed by atoms with E-state index in [1.54, 1.807) is 6.07 Å². The second-order valence-corrected chi connectivity index (χ2v) is 11.8. The highest BCUT2D eigenvalue weighted by Crippen LogP contribution is 2.59. The highest BCUT2D eigenvalue weighted by molar-refractivity contribution is 7.92. The van der Waals surface area contributed by atoms with E-state index in [-0.39, 0.29) is 9.92 Å². The van der Waals surface area contributed by atoms with Crippen LogP contribution in [0, 0.1) is 5.41 Å². The normalized spacial score (nSPS) is 25.4. The van der Waals surface area contributed by atoms with Crippen molar-refractivity contribution in [2.24, 2.45) is 5.41 Å². The molecule has 188 valence electrons. The van der Waals surface area contributed by atoms with Crippen molar-refractivity contribution in [3.8, 4) is 0 Å². The molecule has 1 amide bonds. The lowest BCUT2D eigenvalue weighted by Gasteiger charge is -2.34. The number of sulfone groups is 1. The number of carbonyl (C=O) groups is 2. The Morgan fingerprint density at radius 3 is 2.26 bits per heavy atom. The maximum atomic E-state index is 13.5. The van der Waals surface area contributed by atoms with Crippen LogP contribution < -0.4 is 4.90 Å². The smallest absolute Gasteiger partial charge is 0.403 e. The van der Waals surface area contributed by atoms with Crippen molar-refractivity contribution in [3.63, 3.8) is 0 Å². The van der Waals surface area contributed by atoms with Gasteiger partial charge in [0.15, 0.2) is 9.84 Å². The largest absolute Gasteiger partial charge is 0.480 e. The number of nitrogens with zero attached hydrogens (tertiary/aromatic N) is 3. The zero-order valence-electron chi connectivity index (χ0n) is 18.4. The van der Waals surface area contributed by atoms with E-state index in [9.17, 15) is 36.3 Å². The Morgan fingerprint density at radius 1 is 1.15 bits per heavy atom. The van der Waals surface area contributed by atoms with E-state index in [0.29, 0.717) is 4.90 Å². The topological polar surface area (TPSA) is 98.2 Å². The standard InChI is InChI=1S/C21H25ClF3N3O5S/c1-26-6-8-27(9-7-26)13-2-3-17(15(22)10-13)34(32,33)14-11-16(18(29)30)28(12-14)19(31)20(4-5-20)21(23,24)25/h2-3,10,14,16H,4-9,11-12H2,1H3,(H,29,30)/t14?,16-/m1/s1. The minimum Gasteiger partial charge on any atom is -0.480 e. The predicted molar refractivity (Wildman–Crippen MR) is 118 cm³/mol. The van der Waals surface area contributed by atoms with Gasteiger partial charge in [0.1, 0.15) is 11.5 Å². The molecule has 0 aromatic heterocycles. The monoisotopic (exact) mass is 523 g/mol. The van der Waals surface area contributed by atoms with Gasteiger partial charge in [-0.3, -0.25) is 4.79 Å². The lowest BCUT2D eigenvalue weighted by Crippen LogP contribution is -2.48. The van der Waals surface area contributed by atoms with Crippen molar-refractivity contribution in [1.29, 1.82) is 0 Å². The van der Waals surface area contributed by atoms with Gasteiger partial charge in [-0.2, -0.15) is 13.2 Å². The number of aliphatic carboxylic acids is 1. The fraction of sp³-hybridized carbons (Fsp3) is 0.619. The van der Waals surface area contributed by atoms with Gasteiger partial charge < -0.3 is 19.8 Å². The first kappa shape index (κ1) is 25.1. The molecule has 2 atom stereocenters. The molecule has 8 nitrogen and oxygen atoms in total. The molecule has 1 aromatic carbocycles. The van der Waals surface area contributed by atoms with E-state index in [1.165, 1.54) is 12.1 Å². The average molecular weight is 524 g/mol. The fourth-order valence-corrected chi connectivity index (χ4v) is 6.90. The molecule has 1 saturated carbocycles. The van der Waals surface area contributed by atoms with Crippen molar-refractivity contribution >= 4 is 39.0 Å². The summed E-state index contributed by atoms with van der Waals surface area (Å²) in [5, 5.41) is 8.09. The molecule has 0 bridgehead atoms. The van der Waals surface area contributed by atoms with Crippen LogP contribution in [0.3, 0.4) is 0 Å². The third kappa shape index (κ3) is 4.24. The first-order valence-corrected chi connectivity index (χ1v) is 12.8. The summed E-state index contributed by atoms with van der Waals surface area (Å²) in [5.74, 6) is -2.91. The molecule has 1 N–H and O–H groups in total. The van der Waals surface area contributed by atoms with Crippen LogP contribution >= 0.6 is 11.6 Å². The first-order chi connectivity index (χ1) is 15.8. The van der Waals surface area contributed by atoms with Gasteiger partial charge in [0.25, 0.3) is 0 Å². The fourth-order valence-electron chi connectivity index (χ4n) is 4.66. The average Bonchev–Trinajstić information content (AvgIpc) is 3.45. The number of carbonyl (C=O) groups excluding carboxylic acids is 1. The Balaban J connectivity index is 1.58. The number of likely N-dealkylation sites (tertiary alicyclic amines) is 1. The van der Waals surface area contributed by atoms with E-state index >= 15 is 0 Å². The lowest BCUT2D eigenvalue weighted by molar-refractivity contribution is -0.199. The molecular weight excluding hydrogens is 499 g/mol. The summed E-state index contributed by atoms with van der Waals surface area (Å²) in [6, 6.07) is 2.81. The molecule has 0 radical (unpaired) electrons. The first-order valence-electron chi connectivity index (χ1n) is 10.9. The molecule has 2 aliphatic heterocycles. The molecule has 2 saturated heterocycles. The zero-order valence-corrected chi connectivity index (χ0v) is 20.0. The van der Waals surface area contributed by atoms with E-state index in [2.05, 4.69) is 9.80 Å². The number of piperazine rings is 1. The van der Waals surface area contributed by atoms with E-state index in [1.807, 2.05) is 7.05 Å². The third-order valence-corrected chi connectivity index (χ3v) is 9.65. The SMILES string of the molecule is CN1CCN(c2ccc(S(=O)(=O)C3C[C@H](C(=O)O)N(C(=O)C4(C(F)(F)F)CC4)C3)c(Cl)c2)CC1. The summed E-state index contributed by atoms with van der Waals surface area (Å²) in [7, 11) is -2.22. The molecule has 3 aliphatic rings. The highest BCUT2D eigenvalue weighted by atomic mass is 35.5. The Hall–Kier alpha value is -2.05. The van der Waals surface area contributed by atoms with Crippen LogP contribution in [0.15, 0.2) is 23.1 Å². The number of halogens is 4. The minimum atomic E-state index is -4.83. The zero-order chi connectivity index (χ0) is 25.1. The van der Waals surface area contributed by atoms with Gasteiger partial charge in [0.05, 0.1) is 15.2 Å². The number of carboxylic acid groups (broad SMARTS) is 1. The second kappa shape index (κ2) is 8.56. The molecule has 1 aromatic rings. The molecule has 1 aliphatic carbocycles. The number of hydrogen-bond acceptors (Lipinski definition) is 6. The molecule has 1 unspecified atom stereocenters. The van der Waals surface area contributed by atoms with E-state index in [4.69, 9.17) is 11.6 Å². The van der Waals surface area contributed by atoms with Gasteiger partial charge in [0.2, 0.25) is 5.91 Å². The van der Waals surface area contributed by atoms with Gasteiger partial charge in [-0.1, -0.05) is 11.6 Å². The summed E-state index contributed by atoms with van der Waals surface area (Å²) in [5.41, 5.74) is -1.88. The quantitative estimate of drug-likeness (QED) is 0.632. The van der Waals surface area contributed by atoms with Gasteiger partial charge >= 0.3 is 12.1 Å². The number of benzene rings is 1. The summed E-state index contributed by atoms with van der Waals surface area (Å²) in [6.07, 6.45) is -6.20. The number of amides is 1. The van der Waals surface area contributed by atoms with Crippen molar-refractivity contribution in [1.82, 2.24) is 9.80 Å². The molecule has 4 rings (SSSR count). The van der Waals surface area contributed by atoms with Crippen molar-refractivity contribution < 1.29 is 36.3 Å². The third-order valence-electron chi connectivity index (χ3n) is 7.04. The van der Waals surface area contributed by atoms with Crippen LogP contribution in [0.25, 0.3) is 0 Å². The number of anilines is 1.